The second-order valence-corrected chi connectivity index (χ2v) is 6.84. The molecule has 0 saturated carbocycles. The van der Waals surface area contributed by atoms with Gasteiger partial charge in [0.1, 0.15) is 23.1 Å². The molecule has 2 aromatic heterocycles. The highest BCUT2D eigenvalue weighted by atomic mass is 19.1. The fourth-order valence-electron chi connectivity index (χ4n) is 3.41. The highest BCUT2D eigenvalue weighted by molar-refractivity contribution is 5.94. The van der Waals surface area contributed by atoms with E-state index in [9.17, 15) is 9.18 Å². The van der Waals surface area contributed by atoms with Gasteiger partial charge in [-0.15, -0.1) is 0 Å². The second kappa shape index (κ2) is 8.22. The van der Waals surface area contributed by atoms with E-state index in [1.807, 2.05) is 0 Å². The van der Waals surface area contributed by atoms with Gasteiger partial charge in [-0.3, -0.25) is 9.78 Å². The maximum atomic E-state index is 13.4. The van der Waals surface area contributed by atoms with Crippen LogP contribution in [0.15, 0.2) is 55.0 Å². The van der Waals surface area contributed by atoms with E-state index in [0.717, 1.165) is 18.5 Å². The van der Waals surface area contributed by atoms with E-state index in [1.54, 1.807) is 41.6 Å². The van der Waals surface area contributed by atoms with Crippen molar-refractivity contribution in [1.82, 2.24) is 19.9 Å². The van der Waals surface area contributed by atoms with Gasteiger partial charge in [0.2, 0.25) is 5.88 Å². The summed E-state index contributed by atoms with van der Waals surface area (Å²) in [6.07, 6.45) is 6.12. The third-order valence-electron chi connectivity index (χ3n) is 4.90. The molecule has 0 radical (unpaired) electrons. The predicted octanol–water partition coefficient (Wildman–Crippen LogP) is 3.41. The summed E-state index contributed by atoms with van der Waals surface area (Å²) in [6, 6.07) is 9.22. The topological polar surface area (TPSA) is 94.2 Å². The molecule has 1 aliphatic rings. The molecule has 1 aliphatic heterocycles. The molecule has 3 aromatic rings. The van der Waals surface area contributed by atoms with Gasteiger partial charge in [-0.05, 0) is 37.1 Å². The van der Waals surface area contributed by atoms with Crippen molar-refractivity contribution >= 4 is 11.7 Å². The standard InChI is InChI=1S/C21H20FN5O2/c22-16-2-1-3-17(12-16)29-20-19(24-8-9-25-20)14-6-10-27(11-7-14)21(28)15-4-5-18(23)26-13-15/h1-5,8-9,12-14H,6-7,10-11H2,(H2,23,26). The van der Waals surface area contributed by atoms with E-state index in [0.29, 0.717) is 36.1 Å². The summed E-state index contributed by atoms with van der Waals surface area (Å²) in [5, 5.41) is 0. The average Bonchev–Trinajstić information content (AvgIpc) is 2.74. The molecule has 0 atom stereocenters. The number of halogens is 1. The second-order valence-electron chi connectivity index (χ2n) is 6.84. The molecule has 29 heavy (non-hydrogen) atoms. The van der Waals surface area contributed by atoms with Crippen LogP contribution < -0.4 is 10.5 Å². The Bertz CT molecular complexity index is 1000. The number of benzene rings is 1. The Labute approximate surface area is 167 Å². The molecule has 1 amide bonds. The van der Waals surface area contributed by atoms with Gasteiger partial charge in [0, 0.05) is 43.7 Å². The van der Waals surface area contributed by atoms with Gasteiger partial charge in [0.25, 0.3) is 5.91 Å². The van der Waals surface area contributed by atoms with Crippen LogP contribution in [-0.2, 0) is 0 Å². The highest BCUT2D eigenvalue weighted by Gasteiger charge is 2.28. The lowest BCUT2D eigenvalue weighted by molar-refractivity contribution is 0.0711. The minimum absolute atomic E-state index is 0.0636. The number of hydrogen-bond acceptors (Lipinski definition) is 6. The number of pyridine rings is 1. The number of nitrogens with two attached hydrogens (primary N) is 1. The molecule has 1 aromatic carbocycles. The normalized spacial score (nSPS) is 14.6. The maximum absolute atomic E-state index is 13.4. The molecule has 0 spiro atoms. The van der Waals surface area contributed by atoms with Gasteiger partial charge in [0.15, 0.2) is 0 Å². The summed E-state index contributed by atoms with van der Waals surface area (Å²) in [5.41, 5.74) is 6.82. The van der Waals surface area contributed by atoms with Gasteiger partial charge < -0.3 is 15.4 Å². The molecule has 4 rings (SSSR count). The Morgan fingerprint density at radius 1 is 1.10 bits per heavy atom. The van der Waals surface area contributed by atoms with Crippen molar-refractivity contribution in [3.63, 3.8) is 0 Å². The van der Waals surface area contributed by atoms with Crippen LogP contribution in [0.2, 0.25) is 0 Å². The quantitative estimate of drug-likeness (QED) is 0.730. The lowest BCUT2D eigenvalue weighted by atomic mass is 9.93. The third-order valence-corrected chi connectivity index (χ3v) is 4.90. The summed E-state index contributed by atoms with van der Waals surface area (Å²) in [5.74, 6) is 0.777. The summed E-state index contributed by atoms with van der Waals surface area (Å²) in [7, 11) is 0. The monoisotopic (exact) mass is 393 g/mol. The molecule has 3 heterocycles. The van der Waals surface area contributed by atoms with Crippen molar-refractivity contribution in [3.8, 4) is 11.6 Å². The lowest BCUT2D eigenvalue weighted by Crippen LogP contribution is -2.38. The Morgan fingerprint density at radius 2 is 1.90 bits per heavy atom. The van der Waals surface area contributed by atoms with Crippen LogP contribution in [0.25, 0.3) is 0 Å². The van der Waals surface area contributed by atoms with Crippen molar-refractivity contribution in [2.75, 3.05) is 18.8 Å². The summed E-state index contributed by atoms with van der Waals surface area (Å²) < 4.78 is 19.2. The van der Waals surface area contributed by atoms with Crippen LogP contribution in [-0.4, -0.2) is 38.8 Å². The minimum atomic E-state index is -0.378. The number of ether oxygens (including phenoxy) is 1. The van der Waals surface area contributed by atoms with Crippen molar-refractivity contribution in [2.45, 2.75) is 18.8 Å². The summed E-state index contributed by atoms with van der Waals surface area (Å²) in [6.45, 7) is 1.17. The fraction of sp³-hybridized carbons (Fsp3) is 0.238. The van der Waals surface area contributed by atoms with E-state index in [2.05, 4.69) is 15.0 Å². The van der Waals surface area contributed by atoms with Crippen LogP contribution >= 0.6 is 0 Å². The number of carbonyl (C=O) groups is 1. The van der Waals surface area contributed by atoms with Crippen LogP contribution in [0, 0.1) is 5.82 Å². The molecule has 2 N–H and O–H groups in total. The average molecular weight is 393 g/mol. The van der Waals surface area contributed by atoms with Gasteiger partial charge in [-0.25, -0.2) is 14.4 Å². The number of aromatic nitrogens is 3. The molecular formula is C21H20FN5O2. The van der Waals surface area contributed by atoms with Gasteiger partial charge in [0.05, 0.1) is 5.56 Å². The van der Waals surface area contributed by atoms with Crippen molar-refractivity contribution < 1.29 is 13.9 Å². The number of amides is 1. The van der Waals surface area contributed by atoms with Crippen molar-refractivity contribution in [1.29, 1.82) is 0 Å². The number of hydrogen-bond donors (Lipinski definition) is 1. The minimum Gasteiger partial charge on any atom is -0.437 e. The number of anilines is 1. The molecule has 1 fully saturated rings. The first kappa shape index (κ1) is 18.8. The number of nitrogen functional groups attached to an aromatic ring is 1. The zero-order valence-electron chi connectivity index (χ0n) is 15.7. The van der Waals surface area contributed by atoms with E-state index in [1.165, 1.54) is 18.3 Å². The number of likely N-dealkylation sites (tertiary alicyclic amines) is 1. The zero-order valence-corrected chi connectivity index (χ0v) is 15.7. The van der Waals surface area contributed by atoms with E-state index in [-0.39, 0.29) is 17.6 Å². The van der Waals surface area contributed by atoms with Crippen LogP contribution in [0.3, 0.4) is 0 Å². The van der Waals surface area contributed by atoms with E-state index >= 15 is 0 Å². The maximum Gasteiger partial charge on any atom is 0.255 e. The van der Waals surface area contributed by atoms with Gasteiger partial charge >= 0.3 is 0 Å². The fourth-order valence-corrected chi connectivity index (χ4v) is 3.41. The highest BCUT2D eigenvalue weighted by Crippen LogP contribution is 2.33. The SMILES string of the molecule is Nc1ccc(C(=O)N2CCC(c3nccnc3Oc3cccc(F)c3)CC2)cn1. The Morgan fingerprint density at radius 3 is 2.62 bits per heavy atom. The van der Waals surface area contributed by atoms with Crippen LogP contribution in [0.4, 0.5) is 10.2 Å². The number of piperidine rings is 1. The third kappa shape index (κ3) is 4.31. The lowest BCUT2D eigenvalue weighted by Gasteiger charge is -2.32. The first-order valence-corrected chi connectivity index (χ1v) is 9.35. The Balaban J connectivity index is 1.45. The van der Waals surface area contributed by atoms with Crippen LogP contribution in [0.1, 0.15) is 34.8 Å². The van der Waals surface area contributed by atoms with Gasteiger partial charge in [-0.1, -0.05) is 6.07 Å². The first-order valence-electron chi connectivity index (χ1n) is 9.35. The largest absolute Gasteiger partial charge is 0.437 e. The number of carbonyl (C=O) groups excluding carboxylic acids is 1. The van der Waals surface area contributed by atoms with Crippen LogP contribution in [0.5, 0.6) is 11.6 Å². The van der Waals surface area contributed by atoms with E-state index in [4.69, 9.17) is 10.5 Å². The summed E-state index contributed by atoms with van der Waals surface area (Å²) >= 11 is 0. The summed E-state index contributed by atoms with van der Waals surface area (Å²) in [4.78, 5) is 27.2. The number of rotatable bonds is 4. The molecule has 148 valence electrons. The van der Waals surface area contributed by atoms with Crippen molar-refractivity contribution in [2.24, 2.45) is 0 Å². The van der Waals surface area contributed by atoms with Gasteiger partial charge in [-0.2, -0.15) is 0 Å². The molecule has 0 bridgehead atoms. The molecule has 0 aliphatic carbocycles. The van der Waals surface area contributed by atoms with Crippen molar-refractivity contribution in [3.05, 3.63) is 72.1 Å². The Hall–Kier alpha value is -3.55. The molecular weight excluding hydrogens is 373 g/mol. The number of nitrogens with zero attached hydrogens (tertiary/aromatic N) is 4. The first-order chi connectivity index (χ1) is 14.1. The predicted molar refractivity (Wildman–Crippen MR) is 105 cm³/mol. The Kier molecular flexibility index (Phi) is 5.33. The molecule has 1 saturated heterocycles. The molecule has 8 heteroatoms. The zero-order chi connectivity index (χ0) is 20.2. The molecule has 0 unspecified atom stereocenters. The molecule has 7 nitrogen and oxygen atoms in total. The van der Waals surface area contributed by atoms with E-state index < -0.39 is 0 Å². The smallest absolute Gasteiger partial charge is 0.255 e.